The molecule has 0 saturated heterocycles. The average Bonchev–Trinajstić information content (AvgIpc) is 3.21. The normalized spacial score (nSPS) is 12.2. The molecule has 3 aromatic rings. The Morgan fingerprint density at radius 2 is 2.26 bits per heavy atom. The topological polar surface area (TPSA) is 125 Å². The number of carboxylic acids is 1. The lowest BCUT2D eigenvalue weighted by Gasteiger charge is -2.11. The largest absolute Gasteiger partial charge is 0.481 e. The van der Waals surface area contributed by atoms with Crippen molar-refractivity contribution in [3.63, 3.8) is 0 Å². The lowest BCUT2D eigenvalue weighted by atomic mass is 9.99. The molecule has 118 valence electrons. The minimum Gasteiger partial charge on any atom is -0.481 e. The Bertz CT molecular complexity index is 826. The summed E-state index contributed by atoms with van der Waals surface area (Å²) in [4.78, 5) is 27.6. The van der Waals surface area contributed by atoms with E-state index in [0.717, 1.165) is 0 Å². The SMILES string of the molecule is O=C(NCCC(C(=O)O)c1cn[nH]c1)c1nccn2nccc12. The van der Waals surface area contributed by atoms with Crippen molar-refractivity contribution in [1.82, 2.24) is 30.1 Å². The maximum absolute atomic E-state index is 12.2. The highest BCUT2D eigenvalue weighted by Crippen LogP contribution is 2.18. The first kappa shape index (κ1) is 14.7. The summed E-state index contributed by atoms with van der Waals surface area (Å²) in [6.07, 6.45) is 7.96. The summed E-state index contributed by atoms with van der Waals surface area (Å²) < 4.78 is 1.55. The van der Waals surface area contributed by atoms with Gasteiger partial charge in [0.2, 0.25) is 0 Å². The molecular formula is C14H14N6O3. The summed E-state index contributed by atoms with van der Waals surface area (Å²) >= 11 is 0. The van der Waals surface area contributed by atoms with Crippen LogP contribution in [0.2, 0.25) is 0 Å². The average molecular weight is 314 g/mol. The second-order valence-corrected chi connectivity index (χ2v) is 4.90. The summed E-state index contributed by atoms with van der Waals surface area (Å²) in [6, 6.07) is 1.69. The van der Waals surface area contributed by atoms with Gasteiger partial charge >= 0.3 is 5.97 Å². The zero-order valence-corrected chi connectivity index (χ0v) is 12.0. The molecule has 1 unspecified atom stereocenters. The van der Waals surface area contributed by atoms with Gasteiger partial charge in [-0.05, 0) is 12.5 Å². The Morgan fingerprint density at radius 3 is 3.00 bits per heavy atom. The van der Waals surface area contributed by atoms with Crippen LogP contribution >= 0.6 is 0 Å². The van der Waals surface area contributed by atoms with Crippen LogP contribution in [0.5, 0.6) is 0 Å². The first-order chi connectivity index (χ1) is 11.2. The smallest absolute Gasteiger partial charge is 0.311 e. The summed E-state index contributed by atoms with van der Waals surface area (Å²) in [5.41, 5.74) is 1.41. The molecule has 0 aliphatic carbocycles. The van der Waals surface area contributed by atoms with Crippen LogP contribution in [0.3, 0.4) is 0 Å². The number of H-pyrrole nitrogens is 1. The van der Waals surface area contributed by atoms with Crippen molar-refractivity contribution < 1.29 is 14.7 Å². The van der Waals surface area contributed by atoms with Crippen LogP contribution in [-0.2, 0) is 4.79 Å². The molecule has 1 atom stereocenters. The number of hydrogen-bond donors (Lipinski definition) is 3. The monoisotopic (exact) mass is 314 g/mol. The van der Waals surface area contributed by atoms with Crippen molar-refractivity contribution in [2.24, 2.45) is 0 Å². The molecule has 0 aliphatic heterocycles. The molecule has 9 nitrogen and oxygen atoms in total. The third kappa shape index (κ3) is 3.03. The van der Waals surface area contributed by atoms with Crippen LogP contribution in [0, 0.1) is 0 Å². The molecule has 9 heteroatoms. The molecule has 0 spiro atoms. The standard InChI is InChI=1S/C14H14N6O3/c21-13(12-11-2-4-19-20(11)6-5-15-12)16-3-1-10(14(22)23)9-7-17-18-8-9/h2,4-8,10H,1,3H2,(H,16,21)(H,17,18)(H,22,23). The van der Waals surface area contributed by atoms with Crippen LogP contribution in [0.15, 0.2) is 37.1 Å². The number of carboxylic acid groups (broad SMARTS) is 1. The number of amides is 1. The van der Waals surface area contributed by atoms with Crippen LogP contribution < -0.4 is 5.32 Å². The Labute approximate surface area is 130 Å². The van der Waals surface area contributed by atoms with Gasteiger partial charge in [0.25, 0.3) is 5.91 Å². The van der Waals surface area contributed by atoms with Gasteiger partial charge in [0.15, 0.2) is 5.69 Å². The van der Waals surface area contributed by atoms with Crippen molar-refractivity contribution in [3.05, 3.63) is 48.3 Å². The van der Waals surface area contributed by atoms with E-state index in [-0.39, 0.29) is 24.6 Å². The summed E-state index contributed by atoms with van der Waals surface area (Å²) in [6.45, 7) is 0.206. The predicted octanol–water partition coefficient (Wildman–Crippen LogP) is 0.441. The van der Waals surface area contributed by atoms with Gasteiger partial charge < -0.3 is 10.4 Å². The minimum atomic E-state index is -0.961. The van der Waals surface area contributed by atoms with Crippen molar-refractivity contribution in [3.8, 4) is 0 Å². The zero-order chi connectivity index (χ0) is 16.2. The number of aromatic amines is 1. The van der Waals surface area contributed by atoms with Gasteiger partial charge in [-0.2, -0.15) is 10.2 Å². The molecule has 0 fully saturated rings. The van der Waals surface area contributed by atoms with Crippen LogP contribution in [0.25, 0.3) is 5.52 Å². The minimum absolute atomic E-state index is 0.206. The number of fused-ring (bicyclic) bond motifs is 1. The number of hydrogen-bond acceptors (Lipinski definition) is 5. The number of aromatic nitrogens is 5. The highest BCUT2D eigenvalue weighted by atomic mass is 16.4. The fraction of sp³-hybridized carbons (Fsp3) is 0.214. The van der Waals surface area contributed by atoms with E-state index >= 15 is 0 Å². The first-order valence-electron chi connectivity index (χ1n) is 6.95. The van der Waals surface area contributed by atoms with E-state index in [1.807, 2.05) is 0 Å². The Balaban J connectivity index is 1.65. The molecule has 0 aromatic carbocycles. The molecule has 0 bridgehead atoms. The molecule has 1 amide bonds. The Morgan fingerprint density at radius 1 is 1.39 bits per heavy atom. The molecule has 3 aromatic heterocycles. The van der Waals surface area contributed by atoms with Gasteiger partial charge in [-0.15, -0.1) is 0 Å². The van der Waals surface area contributed by atoms with E-state index in [4.69, 9.17) is 0 Å². The van der Waals surface area contributed by atoms with Gasteiger partial charge in [0.1, 0.15) is 0 Å². The number of aliphatic carboxylic acids is 1. The fourth-order valence-corrected chi connectivity index (χ4v) is 2.33. The predicted molar refractivity (Wildman–Crippen MR) is 78.9 cm³/mol. The maximum Gasteiger partial charge on any atom is 0.311 e. The number of carbonyl (C=O) groups excluding carboxylic acids is 1. The van der Waals surface area contributed by atoms with E-state index in [1.165, 1.54) is 18.6 Å². The van der Waals surface area contributed by atoms with Gasteiger partial charge in [-0.1, -0.05) is 0 Å². The number of nitrogens with zero attached hydrogens (tertiary/aromatic N) is 4. The van der Waals surface area contributed by atoms with E-state index < -0.39 is 11.9 Å². The van der Waals surface area contributed by atoms with Crippen LogP contribution in [0.1, 0.15) is 28.4 Å². The second kappa shape index (κ2) is 6.26. The molecule has 3 heterocycles. The lowest BCUT2D eigenvalue weighted by molar-refractivity contribution is -0.138. The third-order valence-corrected chi connectivity index (χ3v) is 3.48. The van der Waals surface area contributed by atoms with E-state index in [0.29, 0.717) is 11.1 Å². The van der Waals surface area contributed by atoms with Crippen molar-refractivity contribution in [2.75, 3.05) is 6.54 Å². The van der Waals surface area contributed by atoms with Gasteiger partial charge in [-0.25, -0.2) is 9.50 Å². The van der Waals surface area contributed by atoms with Crippen LogP contribution in [0.4, 0.5) is 0 Å². The van der Waals surface area contributed by atoms with E-state index in [9.17, 15) is 14.7 Å². The summed E-state index contributed by atoms with van der Waals surface area (Å²) in [5, 5.41) is 22.3. The fourth-order valence-electron chi connectivity index (χ4n) is 2.33. The van der Waals surface area contributed by atoms with Crippen molar-refractivity contribution >= 4 is 17.4 Å². The molecule has 0 radical (unpaired) electrons. The summed E-state index contributed by atoms with van der Waals surface area (Å²) in [5.74, 6) is -2.06. The third-order valence-electron chi connectivity index (χ3n) is 3.48. The number of carbonyl (C=O) groups is 2. The van der Waals surface area contributed by atoms with E-state index in [2.05, 4.69) is 25.6 Å². The number of nitrogens with one attached hydrogen (secondary N) is 2. The highest BCUT2D eigenvalue weighted by molar-refractivity contribution is 5.98. The quantitative estimate of drug-likeness (QED) is 0.606. The van der Waals surface area contributed by atoms with Crippen molar-refractivity contribution in [1.29, 1.82) is 0 Å². The van der Waals surface area contributed by atoms with Crippen molar-refractivity contribution in [2.45, 2.75) is 12.3 Å². The molecule has 0 aliphatic rings. The first-order valence-corrected chi connectivity index (χ1v) is 6.95. The second-order valence-electron chi connectivity index (χ2n) is 4.90. The maximum atomic E-state index is 12.2. The number of rotatable bonds is 6. The molecular weight excluding hydrogens is 300 g/mol. The van der Waals surface area contributed by atoms with Gasteiger partial charge in [0, 0.05) is 30.7 Å². The van der Waals surface area contributed by atoms with Crippen LogP contribution in [-0.4, -0.2) is 48.3 Å². The molecule has 0 saturated carbocycles. The molecule has 3 N–H and O–H groups in total. The van der Waals surface area contributed by atoms with Gasteiger partial charge in [0.05, 0.1) is 23.8 Å². The van der Waals surface area contributed by atoms with E-state index in [1.54, 1.807) is 23.0 Å². The zero-order valence-electron chi connectivity index (χ0n) is 12.0. The summed E-state index contributed by atoms with van der Waals surface area (Å²) in [7, 11) is 0. The Hall–Kier alpha value is -3.23. The Kier molecular flexibility index (Phi) is 4.00. The van der Waals surface area contributed by atoms with Gasteiger partial charge in [-0.3, -0.25) is 14.7 Å². The molecule has 23 heavy (non-hydrogen) atoms. The molecule has 3 rings (SSSR count). The highest BCUT2D eigenvalue weighted by Gasteiger charge is 2.21. The lowest BCUT2D eigenvalue weighted by Crippen LogP contribution is -2.28.